The fourth-order valence-corrected chi connectivity index (χ4v) is 6.63. The van der Waals surface area contributed by atoms with Crippen molar-refractivity contribution in [1.29, 1.82) is 0 Å². The number of allylic oxidation sites excluding steroid dienone is 4. The Balaban J connectivity index is 0.00000461. The average Bonchev–Trinajstić information content (AvgIpc) is 3.61. The van der Waals surface area contributed by atoms with Crippen molar-refractivity contribution >= 4 is 81.6 Å². The molecule has 0 amide bonds. The number of hydrogen-bond donors (Lipinski definition) is 4. The summed E-state index contributed by atoms with van der Waals surface area (Å²) in [4.78, 5) is 43.2. The van der Waals surface area contributed by atoms with Crippen LogP contribution < -0.4 is 9.97 Å². The van der Waals surface area contributed by atoms with E-state index in [1.165, 1.54) is 0 Å². The molecule has 3 aromatic rings. The van der Waals surface area contributed by atoms with E-state index in [4.69, 9.17) is 32.6 Å². The van der Waals surface area contributed by atoms with Crippen molar-refractivity contribution < 1.29 is 36.9 Å². The standard InChI is InChI=1S/C34H38N4O4S2.Fe/c1-16-21(6-8-32(39)40)29-15-30-22(7-9-33(41)42)17(2)25(36-30)13-28-23(10-11-43)18(3)26(37-28)14-31-34(20(5)44)19(4)27(38-31)12-24(16)35-29;/h12-15,20H,6-11H2,1-5H3,(H6,35,36,37,38,39,40,41,42,43,44);/q;+2/p-2/t20-;/m0./s1. The van der Waals surface area contributed by atoms with E-state index in [0.29, 0.717) is 41.0 Å². The van der Waals surface area contributed by atoms with Crippen LogP contribution in [0.2, 0.25) is 0 Å². The molecule has 0 aromatic carbocycles. The molecule has 3 aromatic heterocycles. The molecule has 45 heavy (non-hydrogen) atoms. The Morgan fingerprint density at radius 1 is 0.733 bits per heavy atom. The van der Waals surface area contributed by atoms with Gasteiger partial charge in [-0.15, -0.1) is 22.1 Å². The zero-order chi connectivity index (χ0) is 31.9. The van der Waals surface area contributed by atoms with Gasteiger partial charge in [0, 0.05) is 18.1 Å². The molecule has 5 rings (SSSR count). The fraction of sp³-hybridized carbons (Fsp3) is 0.353. The predicted octanol–water partition coefficient (Wildman–Crippen LogP) is 7.24. The molecular formula is C34H36FeN4O4S2. The van der Waals surface area contributed by atoms with Gasteiger partial charge in [-0.1, -0.05) is 41.0 Å². The molecule has 2 aliphatic heterocycles. The van der Waals surface area contributed by atoms with E-state index in [9.17, 15) is 19.8 Å². The summed E-state index contributed by atoms with van der Waals surface area (Å²) < 4.78 is 0. The van der Waals surface area contributed by atoms with E-state index in [-0.39, 0.29) is 35.2 Å². The maximum absolute atomic E-state index is 11.6. The minimum Gasteiger partial charge on any atom is -0.657 e. The van der Waals surface area contributed by atoms with Gasteiger partial charge in [0.25, 0.3) is 0 Å². The minimum absolute atomic E-state index is 0. The third kappa shape index (κ3) is 6.97. The van der Waals surface area contributed by atoms with Gasteiger partial charge in [-0.05, 0) is 87.5 Å². The number of thiol groups is 2. The van der Waals surface area contributed by atoms with Gasteiger partial charge in [0.05, 0.1) is 22.8 Å². The molecule has 0 saturated heterocycles. The maximum Gasteiger partial charge on any atom is 2.00 e. The summed E-state index contributed by atoms with van der Waals surface area (Å²) in [5, 5.41) is 18.9. The first-order valence-corrected chi connectivity index (χ1v) is 15.8. The number of rotatable bonds is 9. The third-order valence-corrected chi connectivity index (χ3v) is 9.00. The number of aryl methyl sites for hydroxylation is 3. The van der Waals surface area contributed by atoms with Gasteiger partial charge in [-0.3, -0.25) is 9.59 Å². The first-order valence-electron chi connectivity index (χ1n) is 14.7. The summed E-state index contributed by atoms with van der Waals surface area (Å²) >= 11 is 9.31. The van der Waals surface area contributed by atoms with Crippen LogP contribution in [0, 0.1) is 13.8 Å². The van der Waals surface area contributed by atoms with Crippen LogP contribution >= 0.6 is 25.3 Å². The van der Waals surface area contributed by atoms with E-state index in [1.54, 1.807) is 0 Å². The Bertz CT molecular complexity index is 1920. The Kier molecular flexibility index (Phi) is 10.8. The van der Waals surface area contributed by atoms with Crippen LogP contribution in [0.1, 0.15) is 96.7 Å². The van der Waals surface area contributed by atoms with Crippen LogP contribution in [0.15, 0.2) is 24.3 Å². The van der Waals surface area contributed by atoms with Gasteiger partial charge in [0.2, 0.25) is 0 Å². The molecule has 0 unspecified atom stereocenters. The molecule has 2 N–H and O–H groups in total. The minimum atomic E-state index is -0.892. The van der Waals surface area contributed by atoms with E-state index in [0.717, 1.165) is 73.4 Å². The van der Waals surface area contributed by atoms with Gasteiger partial charge < -0.3 is 20.2 Å². The number of carboxylic acid groups (broad SMARTS) is 2. The second-order valence-electron chi connectivity index (χ2n) is 11.4. The molecule has 0 radical (unpaired) electrons. The SMILES string of the molecule is CC1=C(CCS)c2cc3[n-]c(cc4nc(cc5[n-]c(cc1n2)c([C@H](C)S)c5C)C(C)=C4CCC(=O)O)c(CCC(=O)O)c3C.[Fe+2]. The average molecular weight is 685 g/mol. The van der Waals surface area contributed by atoms with E-state index < -0.39 is 11.9 Å². The first kappa shape index (κ1) is 34.6. The number of nitrogens with zero attached hydrogens (tertiary/aromatic N) is 4. The molecule has 1 atom stereocenters. The smallest absolute Gasteiger partial charge is 0.657 e. The quantitative estimate of drug-likeness (QED) is 0.137. The third-order valence-electron chi connectivity index (χ3n) is 8.52. The van der Waals surface area contributed by atoms with Crippen LogP contribution in [0.25, 0.3) is 44.4 Å². The van der Waals surface area contributed by atoms with Crippen LogP contribution in [-0.2, 0) is 33.1 Å². The van der Waals surface area contributed by atoms with Crippen molar-refractivity contribution in [2.45, 2.75) is 72.0 Å². The molecule has 0 fully saturated rings. The molecule has 2 aliphatic rings. The zero-order valence-electron chi connectivity index (χ0n) is 25.9. The molecule has 236 valence electrons. The maximum atomic E-state index is 11.6. The molecule has 5 heterocycles. The number of fused-ring (bicyclic) bond motifs is 8. The molecular weight excluding hydrogens is 648 g/mol. The Hall–Kier alpha value is -3.24. The Morgan fingerprint density at radius 2 is 1.20 bits per heavy atom. The van der Waals surface area contributed by atoms with Gasteiger partial charge in [-0.2, -0.15) is 25.3 Å². The van der Waals surface area contributed by atoms with Crippen molar-refractivity contribution in [3.8, 4) is 0 Å². The fourth-order valence-electron chi connectivity index (χ4n) is 6.09. The number of carboxylic acids is 2. The molecule has 8 bridgehead atoms. The zero-order valence-corrected chi connectivity index (χ0v) is 28.8. The van der Waals surface area contributed by atoms with E-state index in [1.807, 2.05) is 52.0 Å². The summed E-state index contributed by atoms with van der Waals surface area (Å²) in [6.07, 6.45) is 1.24. The summed E-state index contributed by atoms with van der Waals surface area (Å²) in [5.74, 6) is -1.13. The summed E-state index contributed by atoms with van der Waals surface area (Å²) in [6, 6.07) is 7.80. The van der Waals surface area contributed by atoms with Gasteiger partial charge in [0.1, 0.15) is 0 Å². The Labute approximate surface area is 284 Å². The Morgan fingerprint density at radius 3 is 1.76 bits per heavy atom. The molecule has 0 spiro atoms. The van der Waals surface area contributed by atoms with Gasteiger partial charge in [-0.25, -0.2) is 9.97 Å². The summed E-state index contributed by atoms with van der Waals surface area (Å²) in [7, 11) is 0. The molecule has 0 aliphatic carbocycles. The van der Waals surface area contributed by atoms with Crippen molar-refractivity contribution in [3.63, 3.8) is 0 Å². The van der Waals surface area contributed by atoms with Crippen molar-refractivity contribution in [3.05, 3.63) is 69.3 Å². The van der Waals surface area contributed by atoms with Crippen LogP contribution in [-0.4, -0.2) is 37.9 Å². The number of carbonyl (C=O) groups is 2. The molecule has 11 heteroatoms. The van der Waals surface area contributed by atoms with E-state index >= 15 is 0 Å². The second kappa shape index (κ2) is 14.0. The summed E-state index contributed by atoms with van der Waals surface area (Å²) in [6.45, 7) is 10.0. The normalized spacial score (nSPS) is 13.7. The topological polar surface area (TPSA) is 129 Å². The largest absolute Gasteiger partial charge is 2.00 e. The van der Waals surface area contributed by atoms with Crippen molar-refractivity contribution in [1.82, 2.24) is 19.9 Å². The number of aliphatic carboxylic acids is 2. The van der Waals surface area contributed by atoms with Crippen LogP contribution in [0.5, 0.6) is 0 Å². The molecule has 0 saturated carbocycles. The van der Waals surface area contributed by atoms with Crippen LogP contribution in [0.3, 0.4) is 0 Å². The van der Waals surface area contributed by atoms with Gasteiger partial charge >= 0.3 is 29.0 Å². The number of hydrogen-bond acceptors (Lipinski definition) is 6. The van der Waals surface area contributed by atoms with E-state index in [2.05, 4.69) is 19.6 Å². The predicted molar refractivity (Wildman–Crippen MR) is 182 cm³/mol. The molecule has 8 nitrogen and oxygen atoms in total. The summed E-state index contributed by atoms with van der Waals surface area (Å²) in [5.41, 5.74) is 13.5. The second-order valence-corrected chi connectivity index (χ2v) is 12.6. The monoisotopic (exact) mass is 684 g/mol. The van der Waals surface area contributed by atoms with Crippen molar-refractivity contribution in [2.24, 2.45) is 0 Å². The van der Waals surface area contributed by atoms with Crippen molar-refractivity contribution in [2.75, 3.05) is 5.75 Å². The first-order chi connectivity index (χ1) is 20.9. The van der Waals surface area contributed by atoms with Gasteiger partial charge in [0.15, 0.2) is 0 Å². The number of aromatic nitrogens is 4. The van der Waals surface area contributed by atoms with Crippen LogP contribution in [0.4, 0.5) is 0 Å².